The molecule has 0 aliphatic heterocycles. The van der Waals surface area contributed by atoms with Crippen molar-refractivity contribution in [3.8, 4) is 0 Å². The van der Waals surface area contributed by atoms with Crippen molar-refractivity contribution in [3.05, 3.63) is 35.9 Å². The quantitative estimate of drug-likeness (QED) is 0.248. The second kappa shape index (κ2) is 16.7. The van der Waals surface area contributed by atoms with Crippen molar-refractivity contribution in [2.45, 2.75) is 117 Å². The van der Waals surface area contributed by atoms with Crippen molar-refractivity contribution < 1.29 is 0 Å². The zero-order valence-electron chi connectivity index (χ0n) is 17.3. The second-order valence-corrected chi connectivity index (χ2v) is 8.00. The van der Waals surface area contributed by atoms with Gasteiger partial charge in [-0.2, -0.15) is 0 Å². The summed E-state index contributed by atoms with van der Waals surface area (Å²) in [5, 5.41) is 0. The Kier molecular flexibility index (Phi) is 14.8. The fourth-order valence-corrected chi connectivity index (χ4v) is 3.88. The lowest BCUT2D eigenvalue weighted by Gasteiger charge is -2.17. The minimum absolute atomic E-state index is 0.956. The monoisotopic (exact) mass is 344 g/mol. The SMILES string of the molecule is CCCCCCCCC(CCCCCCCC)CCc1ccccc1. The largest absolute Gasteiger partial charge is 0.0654 e. The maximum atomic E-state index is 2.31. The summed E-state index contributed by atoms with van der Waals surface area (Å²) >= 11 is 0. The summed E-state index contributed by atoms with van der Waals surface area (Å²) in [6, 6.07) is 11.1. The van der Waals surface area contributed by atoms with Gasteiger partial charge in [0.2, 0.25) is 0 Å². The van der Waals surface area contributed by atoms with Crippen LogP contribution in [0.4, 0.5) is 0 Å². The third-order valence-electron chi connectivity index (χ3n) is 5.62. The molecule has 0 N–H and O–H groups in total. The highest BCUT2D eigenvalue weighted by Crippen LogP contribution is 2.23. The van der Waals surface area contributed by atoms with Crippen LogP contribution in [0.3, 0.4) is 0 Å². The Hall–Kier alpha value is -0.780. The molecule has 25 heavy (non-hydrogen) atoms. The fourth-order valence-electron chi connectivity index (χ4n) is 3.88. The number of hydrogen-bond donors (Lipinski definition) is 0. The highest BCUT2D eigenvalue weighted by atomic mass is 14.1. The molecule has 0 aliphatic rings. The number of aryl methyl sites for hydroxylation is 1. The van der Waals surface area contributed by atoms with Gasteiger partial charge in [-0.1, -0.05) is 134 Å². The smallest absolute Gasteiger partial charge is 0.0276 e. The zero-order chi connectivity index (χ0) is 18.0. The average molecular weight is 345 g/mol. The molecule has 0 amide bonds. The molecule has 0 fully saturated rings. The predicted molar refractivity (Wildman–Crippen MR) is 114 cm³/mol. The van der Waals surface area contributed by atoms with E-state index in [2.05, 4.69) is 44.2 Å². The van der Waals surface area contributed by atoms with Crippen LogP contribution in [0.1, 0.15) is 116 Å². The normalized spacial score (nSPS) is 11.3. The van der Waals surface area contributed by atoms with Crippen molar-refractivity contribution in [2.24, 2.45) is 5.92 Å². The summed E-state index contributed by atoms with van der Waals surface area (Å²) in [5.74, 6) is 0.956. The van der Waals surface area contributed by atoms with Crippen LogP contribution in [0.2, 0.25) is 0 Å². The Bertz CT molecular complexity index is 351. The van der Waals surface area contributed by atoms with E-state index in [1.807, 2.05) is 0 Å². The Labute approximate surface area is 158 Å². The van der Waals surface area contributed by atoms with Crippen LogP contribution in [-0.4, -0.2) is 0 Å². The molecule has 0 unspecified atom stereocenters. The fraction of sp³-hybridized carbons (Fsp3) is 0.760. The van der Waals surface area contributed by atoms with Crippen molar-refractivity contribution >= 4 is 0 Å². The van der Waals surface area contributed by atoms with Crippen LogP contribution in [0.5, 0.6) is 0 Å². The van der Waals surface area contributed by atoms with Gasteiger partial charge < -0.3 is 0 Å². The number of unbranched alkanes of at least 4 members (excludes halogenated alkanes) is 10. The molecule has 0 aliphatic carbocycles. The van der Waals surface area contributed by atoms with E-state index < -0.39 is 0 Å². The second-order valence-electron chi connectivity index (χ2n) is 8.00. The lowest BCUT2D eigenvalue weighted by molar-refractivity contribution is 0.380. The molecule has 0 aromatic heterocycles. The predicted octanol–water partition coefficient (Wildman–Crippen LogP) is 8.74. The molecule has 0 atom stereocenters. The van der Waals surface area contributed by atoms with Crippen LogP contribution in [0, 0.1) is 5.92 Å². The van der Waals surface area contributed by atoms with Crippen LogP contribution in [-0.2, 0) is 6.42 Å². The molecule has 1 aromatic rings. The van der Waals surface area contributed by atoms with Gasteiger partial charge in [-0.3, -0.25) is 0 Å². The van der Waals surface area contributed by atoms with Gasteiger partial charge in [-0.15, -0.1) is 0 Å². The minimum Gasteiger partial charge on any atom is -0.0654 e. The van der Waals surface area contributed by atoms with E-state index >= 15 is 0 Å². The number of benzene rings is 1. The summed E-state index contributed by atoms with van der Waals surface area (Å²) in [5.41, 5.74) is 1.53. The molecule has 0 radical (unpaired) electrons. The van der Waals surface area contributed by atoms with Crippen LogP contribution >= 0.6 is 0 Å². The molecule has 0 heterocycles. The molecule has 0 nitrogen and oxygen atoms in total. The summed E-state index contributed by atoms with van der Waals surface area (Å²) in [7, 11) is 0. The van der Waals surface area contributed by atoms with Crippen molar-refractivity contribution in [3.63, 3.8) is 0 Å². The van der Waals surface area contributed by atoms with E-state index in [1.165, 1.54) is 108 Å². The van der Waals surface area contributed by atoms with Gasteiger partial charge in [0.15, 0.2) is 0 Å². The van der Waals surface area contributed by atoms with E-state index in [0.717, 1.165) is 5.92 Å². The highest BCUT2D eigenvalue weighted by molar-refractivity contribution is 5.14. The van der Waals surface area contributed by atoms with Gasteiger partial charge in [-0.25, -0.2) is 0 Å². The first-order valence-corrected chi connectivity index (χ1v) is 11.4. The first-order chi connectivity index (χ1) is 12.4. The zero-order valence-corrected chi connectivity index (χ0v) is 17.3. The van der Waals surface area contributed by atoms with E-state index in [0.29, 0.717) is 0 Å². The average Bonchev–Trinajstić information content (AvgIpc) is 2.65. The molecule has 144 valence electrons. The third kappa shape index (κ3) is 13.1. The maximum absolute atomic E-state index is 2.31. The standard InChI is InChI=1S/C25H44/c1-3-5-7-9-11-14-18-24(19-15-12-10-8-6-4-2)22-23-25-20-16-13-17-21-25/h13,16-17,20-21,24H,3-12,14-15,18-19,22-23H2,1-2H3. The van der Waals surface area contributed by atoms with E-state index in [-0.39, 0.29) is 0 Å². The van der Waals surface area contributed by atoms with Gasteiger partial charge in [0.25, 0.3) is 0 Å². The van der Waals surface area contributed by atoms with Crippen LogP contribution < -0.4 is 0 Å². The summed E-state index contributed by atoms with van der Waals surface area (Å²) in [6.45, 7) is 4.61. The van der Waals surface area contributed by atoms with Gasteiger partial charge in [0.1, 0.15) is 0 Å². The molecular weight excluding hydrogens is 300 g/mol. The Balaban J connectivity index is 2.22. The summed E-state index contributed by atoms with van der Waals surface area (Å²) in [4.78, 5) is 0. The molecule has 0 saturated heterocycles. The molecule has 1 aromatic carbocycles. The number of rotatable bonds is 17. The topological polar surface area (TPSA) is 0 Å². The first kappa shape index (κ1) is 22.3. The minimum atomic E-state index is 0.956. The molecule has 0 spiro atoms. The summed E-state index contributed by atoms with van der Waals surface area (Å²) in [6.07, 6.45) is 22.8. The van der Waals surface area contributed by atoms with Gasteiger partial charge >= 0.3 is 0 Å². The Morgan fingerprint density at radius 1 is 0.560 bits per heavy atom. The summed E-state index contributed by atoms with van der Waals surface area (Å²) < 4.78 is 0. The van der Waals surface area contributed by atoms with E-state index in [4.69, 9.17) is 0 Å². The molecule has 0 heteroatoms. The van der Waals surface area contributed by atoms with Crippen LogP contribution in [0.25, 0.3) is 0 Å². The van der Waals surface area contributed by atoms with Gasteiger partial charge in [-0.05, 0) is 24.3 Å². The maximum Gasteiger partial charge on any atom is -0.0276 e. The molecular formula is C25H44. The third-order valence-corrected chi connectivity index (χ3v) is 5.62. The molecule has 1 rings (SSSR count). The first-order valence-electron chi connectivity index (χ1n) is 11.4. The van der Waals surface area contributed by atoms with E-state index in [9.17, 15) is 0 Å². The van der Waals surface area contributed by atoms with Crippen LogP contribution in [0.15, 0.2) is 30.3 Å². The molecule has 0 saturated carbocycles. The lowest BCUT2D eigenvalue weighted by atomic mass is 9.89. The van der Waals surface area contributed by atoms with Crippen molar-refractivity contribution in [1.29, 1.82) is 0 Å². The van der Waals surface area contributed by atoms with E-state index in [1.54, 1.807) is 0 Å². The highest BCUT2D eigenvalue weighted by Gasteiger charge is 2.09. The van der Waals surface area contributed by atoms with Crippen molar-refractivity contribution in [2.75, 3.05) is 0 Å². The van der Waals surface area contributed by atoms with Crippen molar-refractivity contribution in [1.82, 2.24) is 0 Å². The Morgan fingerprint density at radius 2 is 1.04 bits per heavy atom. The van der Waals surface area contributed by atoms with Gasteiger partial charge in [0.05, 0.1) is 0 Å². The molecule has 0 bridgehead atoms. The van der Waals surface area contributed by atoms with Gasteiger partial charge in [0, 0.05) is 0 Å². The lowest BCUT2D eigenvalue weighted by Crippen LogP contribution is -2.03. The number of hydrogen-bond acceptors (Lipinski definition) is 0. The Morgan fingerprint density at radius 3 is 1.56 bits per heavy atom.